The fraction of sp³-hybridized carbons (Fsp3) is 0.700. The van der Waals surface area contributed by atoms with Gasteiger partial charge in [-0.15, -0.1) is 0 Å². The molecule has 3 aliphatic rings. The van der Waals surface area contributed by atoms with Gasteiger partial charge in [0.25, 0.3) is 0 Å². The summed E-state index contributed by atoms with van der Waals surface area (Å²) in [5, 5.41) is 3.19. The van der Waals surface area contributed by atoms with Crippen LogP contribution in [0.5, 0.6) is 0 Å². The van der Waals surface area contributed by atoms with Crippen molar-refractivity contribution in [3.63, 3.8) is 0 Å². The van der Waals surface area contributed by atoms with Gasteiger partial charge in [-0.2, -0.15) is 0 Å². The second-order valence-electron chi connectivity index (χ2n) is 7.95. The van der Waals surface area contributed by atoms with E-state index in [1.165, 1.54) is 12.8 Å². The van der Waals surface area contributed by atoms with Crippen LogP contribution in [0, 0.1) is 24.7 Å². The van der Waals surface area contributed by atoms with Crippen molar-refractivity contribution in [1.29, 1.82) is 0 Å². The molecule has 0 bridgehead atoms. The van der Waals surface area contributed by atoms with Gasteiger partial charge in [0.1, 0.15) is 0 Å². The lowest BCUT2D eigenvalue weighted by Crippen LogP contribution is -2.53. The molecule has 2 aliphatic heterocycles. The Kier molecular flexibility index (Phi) is 5.04. The van der Waals surface area contributed by atoms with Crippen LogP contribution in [0.25, 0.3) is 0 Å². The Labute approximate surface area is 150 Å². The minimum absolute atomic E-state index is 0.103. The first-order valence-corrected chi connectivity index (χ1v) is 9.73. The number of hydrogen-bond donors (Lipinski definition) is 1. The van der Waals surface area contributed by atoms with E-state index in [0.29, 0.717) is 5.92 Å². The van der Waals surface area contributed by atoms with E-state index in [-0.39, 0.29) is 17.9 Å². The molecule has 1 N–H and O–H groups in total. The Morgan fingerprint density at radius 3 is 3.00 bits per heavy atom. The van der Waals surface area contributed by atoms with Crippen LogP contribution in [0.4, 0.5) is 0 Å². The van der Waals surface area contributed by atoms with E-state index >= 15 is 0 Å². The number of nitrogens with zero attached hydrogens (tertiary/aromatic N) is 2. The number of amides is 1. The Hall–Kier alpha value is -1.46. The van der Waals surface area contributed by atoms with Gasteiger partial charge in [-0.3, -0.25) is 14.7 Å². The van der Waals surface area contributed by atoms with Crippen LogP contribution in [0.15, 0.2) is 18.2 Å². The van der Waals surface area contributed by atoms with Crippen LogP contribution >= 0.6 is 0 Å². The van der Waals surface area contributed by atoms with Crippen molar-refractivity contribution in [2.24, 2.45) is 17.8 Å². The number of nitrogens with one attached hydrogen (secondary N) is 1. The lowest BCUT2D eigenvalue weighted by molar-refractivity contribution is -0.142. The number of aryl methyl sites for hydroxylation is 1. The van der Waals surface area contributed by atoms with Gasteiger partial charge in [-0.05, 0) is 50.7 Å². The number of rotatable bonds is 5. The van der Waals surface area contributed by atoms with Gasteiger partial charge in [0, 0.05) is 50.3 Å². The summed E-state index contributed by atoms with van der Waals surface area (Å²) < 4.78 is 6.00. The van der Waals surface area contributed by atoms with Gasteiger partial charge < -0.3 is 10.1 Å². The molecule has 0 unspecified atom stereocenters. The number of aromatic nitrogens is 1. The van der Waals surface area contributed by atoms with Crippen LogP contribution in [0.2, 0.25) is 0 Å². The first-order chi connectivity index (χ1) is 12.2. The molecule has 0 spiro atoms. The highest BCUT2D eigenvalue weighted by Gasteiger charge is 2.41. The van der Waals surface area contributed by atoms with Gasteiger partial charge >= 0.3 is 0 Å². The van der Waals surface area contributed by atoms with E-state index in [9.17, 15) is 4.79 Å². The standard InChI is InChI=1S/C20H29N3O2/c1-14-3-2-4-16(22-14)12-23-9-7-19-18(13-23)17(8-10-25-19)20(24)21-11-15-5-6-15/h2-4,15,17-19H,5-13H2,1H3,(H,21,24)/t17-,18-,19-/m1/s1. The third-order valence-electron chi connectivity index (χ3n) is 5.88. The number of pyridine rings is 1. The van der Waals surface area contributed by atoms with Crippen molar-refractivity contribution in [2.45, 2.75) is 45.3 Å². The fourth-order valence-electron chi connectivity index (χ4n) is 4.27. The summed E-state index contributed by atoms with van der Waals surface area (Å²) in [5.41, 5.74) is 2.18. The van der Waals surface area contributed by atoms with Crippen LogP contribution in [-0.2, 0) is 16.1 Å². The summed E-state index contributed by atoms with van der Waals surface area (Å²) in [6.45, 7) is 6.44. The SMILES string of the molecule is Cc1cccc(CN2CC[C@H]3OCC[C@@H](C(=O)NCC4CC4)[C@H]3C2)n1. The summed E-state index contributed by atoms with van der Waals surface area (Å²) >= 11 is 0. The Balaban J connectivity index is 1.38. The molecule has 25 heavy (non-hydrogen) atoms. The van der Waals surface area contributed by atoms with Crippen molar-refractivity contribution in [3.05, 3.63) is 29.6 Å². The number of ether oxygens (including phenoxy) is 1. The summed E-state index contributed by atoms with van der Waals surface area (Å²) in [5.74, 6) is 1.40. The summed E-state index contributed by atoms with van der Waals surface area (Å²) in [4.78, 5) is 19.8. The molecule has 3 fully saturated rings. The number of carbonyl (C=O) groups is 1. The average molecular weight is 343 g/mol. The molecule has 1 aliphatic carbocycles. The molecule has 5 heteroatoms. The highest BCUT2D eigenvalue weighted by Crippen LogP contribution is 2.34. The van der Waals surface area contributed by atoms with Crippen molar-refractivity contribution in [1.82, 2.24) is 15.2 Å². The van der Waals surface area contributed by atoms with Crippen molar-refractivity contribution >= 4 is 5.91 Å². The largest absolute Gasteiger partial charge is 0.378 e. The Morgan fingerprint density at radius 1 is 1.32 bits per heavy atom. The summed E-state index contributed by atoms with van der Waals surface area (Å²) in [7, 11) is 0. The van der Waals surface area contributed by atoms with Crippen molar-refractivity contribution in [3.8, 4) is 0 Å². The summed E-state index contributed by atoms with van der Waals surface area (Å²) in [6, 6.07) is 6.20. The van der Waals surface area contributed by atoms with E-state index in [1.54, 1.807) is 0 Å². The fourth-order valence-corrected chi connectivity index (χ4v) is 4.27. The zero-order valence-electron chi connectivity index (χ0n) is 15.1. The van der Waals surface area contributed by atoms with E-state index in [1.807, 2.05) is 13.0 Å². The summed E-state index contributed by atoms with van der Waals surface area (Å²) in [6.07, 6.45) is 4.67. The highest BCUT2D eigenvalue weighted by molar-refractivity contribution is 5.79. The van der Waals surface area contributed by atoms with Gasteiger partial charge in [0.2, 0.25) is 5.91 Å². The molecule has 136 valence electrons. The topological polar surface area (TPSA) is 54.5 Å². The maximum Gasteiger partial charge on any atom is 0.223 e. The number of carbonyl (C=O) groups excluding carboxylic acids is 1. The molecule has 1 saturated carbocycles. The first-order valence-electron chi connectivity index (χ1n) is 9.73. The zero-order valence-corrected chi connectivity index (χ0v) is 15.1. The van der Waals surface area contributed by atoms with E-state index in [2.05, 4.69) is 27.3 Å². The third-order valence-corrected chi connectivity index (χ3v) is 5.88. The van der Waals surface area contributed by atoms with Crippen molar-refractivity contribution < 1.29 is 9.53 Å². The van der Waals surface area contributed by atoms with E-state index in [4.69, 9.17) is 4.74 Å². The zero-order chi connectivity index (χ0) is 17.2. The van der Waals surface area contributed by atoms with E-state index < -0.39 is 0 Å². The lowest BCUT2D eigenvalue weighted by atomic mass is 9.79. The Bertz CT molecular complexity index is 617. The maximum atomic E-state index is 12.7. The molecule has 1 amide bonds. The average Bonchev–Trinajstić information content (AvgIpc) is 3.43. The van der Waals surface area contributed by atoms with Gasteiger partial charge in [-0.1, -0.05) is 6.07 Å². The van der Waals surface area contributed by atoms with Gasteiger partial charge in [0.15, 0.2) is 0 Å². The minimum atomic E-state index is 0.103. The first kappa shape index (κ1) is 17.0. The molecule has 5 nitrogen and oxygen atoms in total. The van der Waals surface area contributed by atoms with Crippen LogP contribution in [0.1, 0.15) is 37.1 Å². The number of hydrogen-bond acceptors (Lipinski definition) is 4. The number of piperidine rings is 1. The molecule has 0 radical (unpaired) electrons. The van der Waals surface area contributed by atoms with Crippen LogP contribution in [0.3, 0.4) is 0 Å². The Morgan fingerprint density at radius 2 is 2.20 bits per heavy atom. The molecule has 1 aromatic heterocycles. The second-order valence-corrected chi connectivity index (χ2v) is 7.95. The second kappa shape index (κ2) is 7.42. The normalized spacial score (nSPS) is 29.9. The minimum Gasteiger partial charge on any atom is -0.378 e. The number of fused-ring (bicyclic) bond motifs is 1. The maximum absolute atomic E-state index is 12.7. The molecule has 2 saturated heterocycles. The van der Waals surface area contributed by atoms with Crippen LogP contribution < -0.4 is 5.32 Å². The van der Waals surface area contributed by atoms with E-state index in [0.717, 1.165) is 62.9 Å². The molecule has 1 aromatic rings. The van der Waals surface area contributed by atoms with Crippen molar-refractivity contribution in [2.75, 3.05) is 26.2 Å². The molecular weight excluding hydrogens is 314 g/mol. The molecular formula is C20H29N3O2. The molecule has 3 heterocycles. The molecule has 3 atom stereocenters. The van der Waals surface area contributed by atoms with Gasteiger partial charge in [0.05, 0.1) is 11.8 Å². The smallest absolute Gasteiger partial charge is 0.223 e. The number of likely N-dealkylation sites (tertiary alicyclic amines) is 1. The van der Waals surface area contributed by atoms with Gasteiger partial charge in [-0.25, -0.2) is 0 Å². The highest BCUT2D eigenvalue weighted by atomic mass is 16.5. The molecule has 0 aromatic carbocycles. The monoisotopic (exact) mass is 343 g/mol. The quantitative estimate of drug-likeness (QED) is 0.890. The third kappa shape index (κ3) is 4.21. The predicted octanol–water partition coefficient (Wildman–Crippen LogP) is 2.14. The molecule has 4 rings (SSSR count). The lowest BCUT2D eigenvalue weighted by Gasteiger charge is -2.44. The predicted molar refractivity (Wildman–Crippen MR) is 95.9 cm³/mol. The van der Waals surface area contributed by atoms with Crippen LogP contribution in [-0.4, -0.2) is 48.1 Å².